The Morgan fingerprint density at radius 1 is 1.05 bits per heavy atom. The Labute approximate surface area is 131 Å². The summed E-state index contributed by atoms with van der Waals surface area (Å²) in [6.07, 6.45) is 0. The largest absolute Gasteiger partial charge is 0.331 e. The summed E-state index contributed by atoms with van der Waals surface area (Å²) in [4.78, 5) is 5.93. The number of imidazole rings is 1. The number of aromatic amines is 2. The standard InChI is InChI=1S/C13H10ClN3O2S2/c14-9-3-1-2-4-10(9)17-21(18,19)8-5-6-11-12(7-8)16-13(20)15-11/h1-7,17H,(H2,15,16,20). The maximum atomic E-state index is 12.4. The molecule has 2 aromatic carbocycles. The van der Waals surface area contributed by atoms with Crippen LogP contribution in [0.3, 0.4) is 0 Å². The first kappa shape index (κ1) is 14.1. The van der Waals surface area contributed by atoms with Crippen LogP contribution in [-0.2, 0) is 10.0 Å². The van der Waals surface area contributed by atoms with E-state index in [2.05, 4.69) is 14.7 Å². The molecule has 0 atom stereocenters. The molecule has 0 aliphatic carbocycles. The number of hydrogen-bond donors (Lipinski definition) is 3. The molecule has 0 aliphatic rings. The predicted molar refractivity (Wildman–Crippen MR) is 85.7 cm³/mol. The van der Waals surface area contributed by atoms with Gasteiger partial charge in [0.25, 0.3) is 10.0 Å². The summed E-state index contributed by atoms with van der Waals surface area (Å²) >= 11 is 10.9. The Kier molecular flexibility index (Phi) is 3.48. The lowest BCUT2D eigenvalue weighted by Crippen LogP contribution is -2.13. The van der Waals surface area contributed by atoms with Crippen molar-refractivity contribution in [2.45, 2.75) is 4.90 Å². The second-order valence-electron chi connectivity index (χ2n) is 4.37. The number of para-hydroxylation sites is 1. The summed E-state index contributed by atoms with van der Waals surface area (Å²) in [7, 11) is -3.72. The van der Waals surface area contributed by atoms with Crippen LogP contribution in [0.25, 0.3) is 11.0 Å². The summed E-state index contributed by atoms with van der Waals surface area (Å²) in [5.41, 5.74) is 1.71. The van der Waals surface area contributed by atoms with Crippen molar-refractivity contribution >= 4 is 50.6 Å². The second-order valence-corrected chi connectivity index (χ2v) is 6.87. The number of nitrogens with one attached hydrogen (secondary N) is 3. The summed E-state index contributed by atoms with van der Waals surface area (Å²) in [5.74, 6) is 0. The van der Waals surface area contributed by atoms with E-state index in [1.54, 1.807) is 30.3 Å². The predicted octanol–water partition coefficient (Wildman–Crippen LogP) is 3.68. The van der Waals surface area contributed by atoms with E-state index in [4.69, 9.17) is 23.8 Å². The number of fused-ring (bicyclic) bond motifs is 1. The Balaban J connectivity index is 2.03. The molecule has 3 N–H and O–H groups in total. The van der Waals surface area contributed by atoms with Crippen LogP contribution in [0.4, 0.5) is 5.69 Å². The molecule has 0 amide bonds. The monoisotopic (exact) mass is 339 g/mol. The topological polar surface area (TPSA) is 77.8 Å². The molecule has 3 aromatic rings. The molecule has 0 radical (unpaired) electrons. The zero-order chi connectivity index (χ0) is 15.0. The Morgan fingerprint density at radius 3 is 2.52 bits per heavy atom. The van der Waals surface area contributed by atoms with Gasteiger partial charge in [-0.25, -0.2) is 8.42 Å². The number of H-pyrrole nitrogens is 2. The number of sulfonamides is 1. The van der Waals surface area contributed by atoms with E-state index < -0.39 is 10.0 Å². The summed E-state index contributed by atoms with van der Waals surface area (Å²) < 4.78 is 27.7. The van der Waals surface area contributed by atoms with E-state index in [0.29, 0.717) is 21.0 Å². The quantitative estimate of drug-likeness (QED) is 0.637. The van der Waals surface area contributed by atoms with Crippen molar-refractivity contribution < 1.29 is 8.42 Å². The van der Waals surface area contributed by atoms with Crippen LogP contribution in [0.2, 0.25) is 5.02 Å². The number of anilines is 1. The van der Waals surface area contributed by atoms with Gasteiger partial charge in [-0.05, 0) is 42.5 Å². The molecule has 0 saturated carbocycles. The van der Waals surface area contributed by atoms with Crippen LogP contribution in [0.15, 0.2) is 47.4 Å². The van der Waals surface area contributed by atoms with Gasteiger partial charge in [0.2, 0.25) is 0 Å². The molecule has 5 nitrogen and oxygen atoms in total. The molecule has 3 rings (SSSR count). The van der Waals surface area contributed by atoms with E-state index in [9.17, 15) is 8.42 Å². The molecular formula is C13H10ClN3O2S2. The lowest BCUT2D eigenvalue weighted by atomic mass is 10.3. The minimum absolute atomic E-state index is 0.125. The fourth-order valence-corrected chi connectivity index (χ4v) is 3.49. The van der Waals surface area contributed by atoms with E-state index in [1.165, 1.54) is 12.1 Å². The summed E-state index contributed by atoms with van der Waals surface area (Å²) in [6, 6.07) is 11.3. The SMILES string of the molecule is O=S(=O)(Nc1ccccc1Cl)c1ccc2[nH]c(=S)[nH]c2c1. The van der Waals surface area contributed by atoms with Crippen molar-refractivity contribution in [3.63, 3.8) is 0 Å². The summed E-state index contributed by atoms with van der Waals surface area (Å²) in [6.45, 7) is 0. The maximum Gasteiger partial charge on any atom is 0.262 e. The highest BCUT2D eigenvalue weighted by atomic mass is 35.5. The fraction of sp³-hybridized carbons (Fsp3) is 0. The van der Waals surface area contributed by atoms with Crippen LogP contribution >= 0.6 is 23.8 Å². The average molecular weight is 340 g/mol. The van der Waals surface area contributed by atoms with Crippen LogP contribution in [-0.4, -0.2) is 18.4 Å². The van der Waals surface area contributed by atoms with Crippen molar-refractivity contribution in [3.05, 3.63) is 52.3 Å². The number of halogens is 1. The number of hydrogen-bond acceptors (Lipinski definition) is 3. The highest BCUT2D eigenvalue weighted by molar-refractivity contribution is 7.92. The van der Waals surface area contributed by atoms with E-state index in [0.717, 1.165) is 5.52 Å². The first-order valence-electron chi connectivity index (χ1n) is 5.95. The van der Waals surface area contributed by atoms with Gasteiger partial charge in [-0.3, -0.25) is 4.72 Å². The van der Waals surface area contributed by atoms with Crippen molar-refractivity contribution in [2.24, 2.45) is 0 Å². The zero-order valence-electron chi connectivity index (χ0n) is 10.6. The first-order chi connectivity index (χ1) is 9.95. The lowest BCUT2D eigenvalue weighted by molar-refractivity contribution is 0.601. The van der Waals surface area contributed by atoms with Gasteiger partial charge in [-0.2, -0.15) is 0 Å². The third-order valence-electron chi connectivity index (χ3n) is 2.92. The van der Waals surface area contributed by atoms with Crippen LogP contribution in [0, 0.1) is 4.77 Å². The third-order valence-corrected chi connectivity index (χ3v) is 4.81. The number of aromatic nitrogens is 2. The van der Waals surface area contributed by atoms with Crippen molar-refractivity contribution in [1.29, 1.82) is 0 Å². The van der Waals surface area contributed by atoms with Crippen molar-refractivity contribution in [3.8, 4) is 0 Å². The van der Waals surface area contributed by atoms with Crippen LogP contribution < -0.4 is 4.72 Å². The van der Waals surface area contributed by atoms with Crippen molar-refractivity contribution in [1.82, 2.24) is 9.97 Å². The molecular weight excluding hydrogens is 330 g/mol. The molecule has 0 aliphatic heterocycles. The van der Waals surface area contributed by atoms with E-state index in [1.807, 2.05) is 0 Å². The van der Waals surface area contributed by atoms with Gasteiger partial charge in [0, 0.05) is 0 Å². The van der Waals surface area contributed by atoms with Gasteiger partial charge in [0.05, 0.1) is 26.6 Å². The van der Waals surface area contributed by atoms with Crippen LogP contribution in [0.5, 0.6) is 0 Å². The smallest absolute Gasteiger partial charge is 0.262 e. The van der Waals surface area contributed by atoms with Gasteiger partial charge in [-0.15, -0.1) is 0 Å². The van der Waals surface area contributed by atoms with E-state index in [-0.39, 0.29) is 4.90 Å². The van der Waals surface area contributed by atoms with Gasteiger partial charge >= 0.3 is 0 Å². The second kappa shape index (κ2) is 5.18. The first-order valence-corrected chi connectivity index (χ1v) is 8.22. The highest BCUT2D eigenvalue weighted by Crippen LogP contribution is 2.25. The van der Waals surface area contributed by atoms with Crippen LogP contribution in [0.1, 0.15) is 0 Å². The Hall–Kier alpha value is -1.83. The fourth-order valence-electron chi connectivity index (χ4n) is 1.93. The molecule has 0 saturated heterocycles. The third kappa shape index (κ3) is 2.80. The minimum atomic E-state index is -3.72. The average Bonchev–Trinajstić information content (AvgIpc) is 2.80. The Bertz CT molecular complexity index is 976. The van der Waals surface area contributed by atoms with Gasteiger partial charge in [0.1, 0.15) is 0 Å². The zero-order valence-corrected chi connectivity index (χ0v) is 12.9. The van der Waals surface area contributed by atoms with Gasteiger partial charge < -0.3 is 9.97 Å². The Morgan fingerprint density at radius 2 is 1.76 bits per heavy atom. The lowest BCUT2D eigenvalue weighted by Gasteiger charge is -2.09. The van der Waals surface area contributed by atoms with Gasteiger partial charge in [-0.1, -0.05) is 23.7 Å². The number of rotatable bonds is 3. The van der Waals surface area contributed by atoms with E-state index >= 15 is 0 Å². The molecule has 1 heterocycles. The molecule has 0 unspecified atom stereocenters. The molecule has 0 fully saturated rings. The minimum Gasteiger partial charge on any atom is -0.331 e. The number of benzene rings is 2. The normalized spacial score (nSPS) is 11.7. The molecule has 0 bridgehead atoms. The summed E-state index contributed by atoms with van der Waals surface area (Å²) in [5, 5.41) is 0.336. The van der Waals surface area contributed by atoms with Gasteiger partial charge in [0.15, 0.2) is 4.77 Å². The highest BCUT2D eigenvalue weighted by Gasteiger charge is 2.16. The van der Waals surface area contributed by atoms with Crippen molar-refractivity contribution in [2.75, 3.05) is 4.72 Å². The molecule has 8 heteroatoms. The molecule has 21 heavy (non-hydrogen) atoms. The maximum absolute atomic E-state index is 12.4. The molecule has 1 aromatic heterocycles. The molecule has 0 spiro atoms. The molecule has 108 valence electrons.